The lowest BCUT2D eigenvalue weighted by Gasteiger charge is -2.39. The van der Waals surface area contributed by atoms with Crippen molar-refractivity contribution in [1.29, 1.82) is 0 Å². The summed E-state index contributed by atoms with van der Waals surface area (Å²) in [6.07, 6.45) is 1.13. The zero-order valence-corrected chi connectivity index (χ0v) is 12.9. The maximum absolute atomic E-state index is 12.4. The first-order chi connectivity index (χ1) is 9.47. The summed E-state index contributed by atoms with van der Waals surface area (Å²) < 4.78 is 5.61. The predicted octanol–water partition coefficient (Wildman–Crippen LogP) is 0.573. The average molecular weight is 284 g/mol. The van der Waals surface area contributed by atoms with E-state index >= 15 is 0 Å². The van der Waals surface area contributed by atoms with Crippen LogP contribution < -0.4 is 0 Å². The van der Waals surface area contributed by atoms with Crippen LogP contribution in [0.5, 0.6) is 0 Å². The van der Waals surface area contributed by atoms with Gasteiger partial charge in [-0.25, -0.2) is 0 Å². The van der Waals surface area contributed by atoms with Crippen molar-refractivity contribution in [2.75, 3.05) is 39.3 Å². The molecular weight excluding hydrogens is 256 g/mol. The Kier molecular flexibility index (Phi) is 5.41. The highest BCUT2D eigenvalue weighted by atomic mass is 16.5. The Hall–Kier alpha value is -0.650. The van der Waals surface area contributed by atoms with Crippen molar-refractivity contribution in [1.82, 2.24) is 9.80 Å². The molecule has 0 aromatic carbocycles. The van der Waals surface area contributed by atoms with Crippen LogP contribution in [-0.4, -0.2) is 72.4 Å². The monoisotopic (exact) mass is 284 g/mol. The molecule has 0 spiro atoms. The van der Waals surface area contributed by atoms with E-state index < -0.39 is 0 Å². The van der Waals surface area contributed by atoms with Crippen LogP contribution in [0.25, 0.3) is 0 Å². The Bertz CT molecular complexity index is 327. The quantitative estimate of drug-likeness (QED) is 0.823. The van der Waals surface area contributed by atoms with Gasteiger partial charge in [-0.1, -0.05) is 13.8 Å². The molecule has 116 valence electrons. The van der Waals surface area contributed by atoms with Crippen molar-refractivity contribution >= 4 is 5.91 Å². The number of aliphatic hydroxyl groups excluding tert-OH is 1. The molecule has 2 fully saturated rings. The van der Waals surface area contributed by atoms with E-state index in [9.17, 15) is 9.90 Å². The fourth-order valence-electron chi connectivity index (χ4n) is 3.53. The third-order valence-corrected chi connectivity index (χ3v) is 4.19. The van der Waals surface area contributed by atoms with Gasteiger partial charge in [-0.3, -0.25) is 9.69 Å². The number of ether oxygens (including phenoxy) is 1. The van der Waals surface area contributed by atoms with Crippen molar-refractivity contribution in [3.63, 3.8) is 0 Å². The lowest BCUT2D eigenvalue weighted by atomic mass is 9.92. The number of nitrogens with zero attached hydrogens (tertiary/aromatic N) is 2. The van der Waals surface area contributed by atoms with Gasteiger partial charge in [-0.2, -0.15) is 0 Å². The largest absolute Gasteiger partial charge is 0.394 e. The van der Waals surface area contributed by atoms with E-state index in [4.69, 9.17) is 4.74 Å². The van der Waals surface area contributed by atoms with Crippen LogP contribution in [0.3, 0.4) is 0 Å². The van der Waals surface area contributed by atoms with Crippen LogP contribution in [0.4, 0.5) is 0 Å². The van der Waals surface area contributed by atoms with Crippen LogP contribution in [0.15, 0.2) is 0 Å². The summed E-state index contributed by atoms with van der Waals surface area (Å²) >= 11 is 0. The third kappa shape index (κ3) is 4.17. The standard InChI is InChI=1S/C15H28N2O3/c1-11-4-12(2)6-17(5-11)15(19)9-16-7-13(3)20-14(8-16)10-18/h11-14,18H,4-10H2,1-3H3. The molecule has 2 aliphatic rings. The minimum Gasteiger partial charge on any atom is -0.394 e. The van der Waals surface area contributed by atoms with E-state index in [1.54, 1.807) is 0 Å². The van der Waals surface area contributed by atoms with E-state index in [1.807, 2.05) is 11.8 Å². The van der Waals surface area contributed by atoms with Gasteiger partial charge in [0.05, 0.1) is 25.4 Å². The van der Waals surface area contributed by atoms with Gasteiger partial charge in [0.2, 0.25) is 5.91 Å². The second-order valence-corrected chi connectivity index (χ2v) is 6.69. The summed E-state index contributed by atoms with van der Waals surface area (Å²) in [6, 6.07) is 0. The Balaban J connectivity index is 1.87. The molecule has 1 N–H and O–H groups in total. The molecular formula is C15H28N2O3. The van der Waals surface area contributed by atoms with Crippen LogP contribution in [0.2, 0.25) is 0 Å². The van der Waals surface area contributed by atoms with Crippen molar-refractivity contribution < 1.29 is 14.6 Å². The summed E-state index contributed by atoms with van der Waals surface area (Å²) in [7, 11) is 0. The molecule has 0 saturated carbocycles. The number of carbonyl (C=O) groups is 1. The number of aliphatic hydroxyl groups is 1. The van der Waals surface area contributed by atoms with Gasteiger partial charge in [-0.05, 0) is 25.2 Å². The molecule has 4 unspecified atom stereocenters. The maximum Gasteiger partial charge on any atom is 0.236 e. The zero-order valence-electron chi connectivity index (χ0n) is 12.9. The fraction of sp³-hybridized carbons (Fsp3) is 0.933. The van der Waals surface area contributed by atoms with Crippen molar-refractivity contribution in [2.45, 2.75) is 39.4 Å². The number of piperidine rings is 1. The second kappa shape index (κ2) is 6.87. The highest BCUT2D eigenvalue weighted by molar-refractivity contribution is 5.78. The lowest BCUT2D eigenvalue weighted by Crippen LogP contribution is -2.53. The first-order valence-corrected chi connectivity index (χ1v) is 7.74. The summed E-state index contributed by atoms with van der Waals surface area (Å²) in [5.74, 6) is 1.40. The maximum atomic E-state index is 12.4. The van der Waals surface area contributed by atoms with Crippen LogP contribution in [0, 0.1) is 11.8 Å². The number of carbonyl (C=O) groups excluding carboxylic acids is 1. The van der Waals surface area contributed by atoms with Gasteiger partial charge < -0.3 is 14.7 Å². The highest BCUT2D eigenvalue weighted by Crippen LogP contribution is 2.21. The Labute approximate surface area is 121 Å². The van der Waals surface area contributed by atoms with Gasteiger partial charge in [0.1, 0.15) is 0 Å². The summed E-state index contributed by atoms with van der Waals surface area (Å²) in [4.78, 5) is 16.6. The third-order valence-electron chi connectivity index (χ3n) is 4.19. The van der Waals surface area contributed by atoms with E-state index in [0.717, 1.165) is 19.6 Å². The molecule has 0 radical (unpaired) electrons. The summed E-state index contributed by atoms with van der Waals surface area (Å²) in [5, 5.41) is 9.23. The molecule has 20 heavy (non-hydrogen) atoms. The van der Waals surface area contributed by atoms with Crippen LogP contribution in [-0.2, 0) is 9.53 Å². The minimum atomic E-state index is -0.161. The number of hydrogen-bond acceptors (Lipinski definition) is 4. The van der Waals surface area contributed by atoms with Gasteiger partial charge in [0.15, 0.2) is 0 Å². The Morgan fingerprint density at radius 1 is 1.15 bits per heavy atom. The van der Waals surface area contributed by atoms with E-state index in [1.165, 1.54) is 6.42 Å². The zero-order chi connectivity index (χ0) is 14.7. The van der Waals surface area contributed by atoms with Crippen LogP contribution >= 0.6 is 0 Å². The summed E-state index contributed by atoms with van der Waals surface area (Å²) in [6.45, 7) is 10.1. The van der Waals surface area contributed by atoms with Crippen molar-refractivity contribution in [2.24, 2.45) is 11.8 Å². The molecule has 5 heteroatoms. The van der Waals surface area contributed by atoms with Crippen LogP contribution in [0.1, 0.15) is 27.2 Å². The lowest BCUT2D eigenvalue weighted by molar-refractivity contribution is -0.140. The van der Waals surface area contributed by atoms with Gasteiger partial charge in [0, 0.05) is 26.2 Å². The van der Waals surface area contributed by atoms with E-state index in [2.05, 4.69) is 18.7 Å². The number of likely N-dealkylation sites (tertiary alicyclic amines) is 1. The first kappa shape index (κ1) is 15.7. The molecule has 2 rings (SSSR count). The molecule has 1 amide bonds. The number of rotatable bonds is 3. The number of morpholine rings is 1. The first-order valence-electron chi connectivity index (χ1n) is 7.74. The fourth-order valence-corrected chi connectivity index (χ4v) is 3.53. The molecule has 4 atom stereocenters. The van der Waals surface area contributed by atoms with Gasteiger partial charge in [-0.15, -0.1) is 0 Å². The van der Waals surface area contributed by atoms with Crippen molar-refractivity contribution in [3.05, 3.63) is 0 Å². The number of hydrogen-bond donors (Lipinski definition) is 1. The SMILES string of the molecule is CC1CC(C)CN(C(=O)CN2CC(C)OC(CO)C2)C1. The van der Waals surface area contributed by atoms with Crippen molar-refractivity contribution in [3.8, 4) is 0 Å². The van der Waals surface area contributed by atoms with Gasteiger partial charge >= 0.3 is 0 Å². The topological polar surface area (TPSA) is 53.0 Å². The Morgan fingerprint density at radius 2 is 1.80 bits per heavy atom. The second-order valence-electron chi connectivity index (χ2n) is 6.69. The normalized spacial score (nSPS) is 36.1. The molecule has 2 saturated heterocycles. The molecule has 0 bridgehead atoms. The average Bonchev–Trinajstić information content (AvgIpc) is 2.36. The van der Waals surface area contributed by atoms with E-state index in [-0.39, 0.29) is 24.7 Å². The molecule has 0 aliphatic carbocycles. The molecule has 2 aliphatic heterocycles. The highest BCUT2D eigenvalue weighted by Gasteiger charge is 2.30. The summed E-state index contributed by atoms with van der Waals surface area (Å²) in [5.41, 5.74) is 0. The van der Waals surface area contributed by atoms with E-state index in [0.29, 0.717) is 24.9 Å². The Morgan fingerprint density at radius 3 is 2.40 bits per heavy atom. The molecule has 0 aromatic heterocycles. The van der Waals surface area contributed by atoms with Gasteiger partial charge in [0.25, 0.3) is 0 Å². The predicted molar refractivity (Wildman–Crippen MR) is 77.4 cm³/mol. The molecule has 0 aromatic rings. The molecule has 5 nitrogen and oxygen atoms in total. The minimum absolute atomic E-state index is 0.0206. The smallest absolute Gasteiger partial charge is 0.236 e. The molecule has 2 heterocycles. The number of amides is 1.